The van der Waals surface area contributed by atoms with E-state index in [1.165, 1.54) is 23.5 Å². The summed E-state index contributed by atoms with van der Waals surface area (Å²) in [6, 6.07) is 12.0. The normalized spacial score (nSPS) is 11.0. The van der Waals surface area contributed by atoms with Crippen LogP contribution in [-0.4, -0.2) is 11.7 Å². The lowest BCUT2D eigenvalue weighted by Crippen LogP contribution is -2.02. The van der Waals surface area contributed by atoms with Crippen LogP contribution in [0, 0.1) is 11.6 Å². The Labute approximate surface area is 169 Å². The fraction of sp³-hybridized carbons (Fsp3) is 0.200. The van der Waals surface area contributed by atoms with Crippen molar-refractivity contribution in [2.45, 2.75) is 19.4 Å². The molecular weight excluding hydrogens is 413 g/mol. The van der Waals surface area contributed by atoms with Crippen LogP contribution < -0.4 is 4.74 Å². The number of rotatable bonds is 7. The zero-order chi connectivity index (χ0) is 19.4. The number of hydrogen-bond acceptors (Lipinski definition) is 3. The van der Waals surface area contributed by atoms with Gasteiger partial charge in [0.25, 0.3) is 0 Å². The van der Waals surface area contributed by atoms with Crippen molar-refractivity contribution in [1.29, 1.82) is 0 Å². The van der Waals surface area contributed by atoms with Crippen molar-refractivity contribution in [1.82, 2.24) is 0 Å². The van der Waals surface area contributed by atoms with Crippen LogP contribution in [0.1, 0.15) is 16.9 Å². The summed E-state index contributed by atoms with van der Waals surface area (Å²) in [5.74, 6) is -2.13. The summed E-state index contributed by atoms with van der Waals surface area (Å²) in [4.78, 5) is 0.798. The maximum Gasteiger partial charge on any atom is 0.200 e. The average molecular weight is 429 g/mol. The summed E-state index contributed by atoms with van der Waals surface area (Å²) >= 11 is 13.4. The first-order chi connectivity index (χ1) is 13.0. The van der Waals surface area contributed by atoms with Crippen molar-refractivity contribution in [3.8, 4) is 16.9 Å². The summed E-state index contributed by atoms with van der Waals surface area (Å²) in [5.41, 5.74) is 1.99. The minimum absolute atomic E-state index is 0.0572. The number of hydrogen-bond donors (Lipinski definition) is 1. The van der Waals surface area contributed by atoms with Crippen LogP contribution in [0.2, 0.25) is 9.36 Å². The predicted molar refractivity (Wildman–Crippen MR) is 106 cm³/mol. The molecule has 0 aliphatic heterocycles. The molecule has 1 aromatic heterocycles. The van der Waals surface area contributed by atoms with E-state index < -0.39 is 11.6 Å². The zero-order valence-electron chi connectivity index (χ0n) is 14.1. The summed E-state index contributed by atoms with van der Waals surface area (Å²) in [6.07, 6.45) is 0.634. The Balaban J connectivity index is 1.79. The van der Waals surface area contributed by atoms with Crippen molar-refractivity contribution in [2.75, 3.05) is 6.61 Å². The molecule has 1 heterocycles. The van der Waals surface area contributed by atoms with Crippen LogP contribution in [-0.2, 0) is 13.0 Å². The highest BCUT2D eigenvalue weighted by molar-refractivity contribution is 7.16. The van der Waals surface area contributed by atoms with E-state index in [0.29, 0.717) is 15.8 Å². The fourth-order valence-electron chi connectivity index (χ4n) is 2.67. The lowest BCUT2D eigenvalue weighted by atomic mass is 10.1. The first kappa shape index (κ1) is 20.1. The Bertz CT molecular complexity index is 926. The SMILES string of the molecule is OCCCc1ccc(OCc2sc(Cl)cc2-c2ccc(Cl)cc2)c(F)c1F. The molecule has 0 unspecified atom stereocenters. The fourth-order valence-corrected chi connectivity index (χ4v) is 4.00. The Morgan fingerprint density at radius 2 is 1.74 bits per heavy atom. The second-order valence-electron chi connectivity index (χ2n) is 5.86. The lowest BCUT2D eigenvalue weighted by Gasteiger charge is -2.11. The molecule has 7 heteroatoms. The van der Waals surface area contributed by atoms with Crippen molar-refractivity contribution in [3.63, 3.8) is 0 Å². The Morgan fingerprint density at radius 3 is 2.44 bits per heavy atom. The summed E-state index contributed by atoms with van der Waals surface area (Å²) in [6.45, 7) is -0.0202. The largest absolute Gasteiger partial charge is 0.485 e. The van der Waals surface area contributed by atoms with Crippen molar-refractivity contribution in [3.05, 3.63) is 73.9 Å². The van der Waals surface area contributed by atoms with Gasteiger partial charge in [0.1, 0.15) is 6.61 Å². The summed E-state index contributed by atoms with van der Waals surface area (Å²) < 4.78 is 34.5. The molecule has 0 saturated heterocycles. The summed E-state index contributed by atoms with van der Waals surface area (Å²) in [7, 11) is 0. The topological polar surface area (TPSA) is 29.5 Å². The number of ether oxygens (including phenoxy) is 1. The third kappa shape index (κ3) is 4.79. The van der Waals surface area contributed by atoms with Crippen LogP contribution in [0.3, 0.4) is 0 Å². The number of halogens is 4. The lowest BCUT2D eigenvalue weighted by molar-refractivity contribution is 0.283. The van der Waals surface area contributed by atoms with Gasteiger partial charge in [-0.25, -0.2) is 4.39 Å². The Hall–Kier alpha value is -1.66. The van der Waals surface area contributed by atoms with Gasteiger partial charge in [-0.2, -0.15) is 4.39 Å². The highest BCUT2D eigenvalue weighted by Crippen LogP contribution is 2.36. The molecule has 142 valence electrons. The van der Waals surface area contributed by atoms with E-state index in [2.05, 4.69) is 0 Å². The molecule has 27 heavy (non-hydrogen) atoms. The Morgan fingerprint density at radius 1 is 1.00 bits per heavy atom. The molecule has 0 saturated carbocycles. The van der Waals surface area contributed by atoms with E-state index in [1.54, 1.807) is 12.1 Å². The number of aryl methyl sites for hydroxylation is 1. The minimum Gasteiger partial charge on any atom is -0.485 e. The minimum atomic E-state index is -1.03. The first-order valence-corrected chi connectivity index (χ1v) is 9.81. The van der Waals surface area contributed by atoms with Gasteiger partial charge in [0, 0.05) is 17.2 Å². The first-order valence-electron chi connectivity index (χ1n) is 8.24. The van der Waals surface area contributed by atoms with Crippen molar-refractivity contribution in [2.24, 2.45) is 0 Å². The number of aliphatic hydroxyl groups is 1. The zero-order valence-corrected chi connectivity index (χ0v) is 16.5. The van der Waals surface area contributed by atoms with E-state index in [4.69, 9.17) is 33.0 Å². The quantitative estimate of drug-likeness (QED) is 0.464. The predicted octanol–water partition coefficient (Wildman–Crippen LogP) is 6.50. The monoisotopic (exact) mass is 428 g/mol. The summed E-state index contributed by atoms with van der Waals surface area (Å²) in [5, 5.41) is 9.45. The third-order valence-electron chi connectivity index (χ3n) is 4.02. The molecule has 2 aromatic carbocycles. The van der Waals surface area contributed by atoms with E-state index in [9.17, 15) is 8.78 Å². The van der Waals surface area contributed by atoms with Gasteiger partial charge in [-0.1, -0.05) is 41.4 Å². The second kappa shape index (κ2) is 9.02. The standard InChI is InChI=1S/C20H16Cl2F2O2S/c21-14-6-3-12(4-7-14)15-10-18(22)27-17(15)11-26-16-8-5-13(2-1-9-25)19(23)20(16)24/h3-8,10,25H,1-2,9,11H2. The third-order valence-corrected chi connectivity index (χ3v) is 5.51. The van der Waals surface area contributed by atoms with Crippen LogP contribution in [0.25, 0.3) is 11.1 Å². The molecule has 0 spiro atoms. The molecule has 0 aliphatic carbocycles. The highest BCUT2D eigenvalue weighted by atomic mass is 35.5. The van der Waals surface area contributed by atoms with E-state index in [-0.39, 0.29) is 30.9 Å². The number of benzene rings is 2. The van der Waals surface area contributed by atoms with E-state index in [0.717, 1.165) is 16.0 Å². The van der Waals surface area contributed by atoms with Gasteiger partial charge in [-0.15, -0.1) is 11.3 Å². The maximum atomic E-state index is 14.3. The molecule has 0 amide bonds. The van der Waals surface area contributed by atoms with Crippen molar-refractivity contribution < 1.29 is 18.6 Å². The molecular formula is C20H16Cl2F2O2S. The van der Waals surface area contributed by atoms with Crippen LogP contribution in [0.15, 0.2) is 42.5 Å². The molecule has 0 fully saturated rings. The highest BCUT2D eigenvalue weighted by Gasteiger charge is 2.16. The Kier molecular flexibility index (Phi) is 6.71. The molecule has 0 aliphatic rings. The van der Waals surface area contributed by atoms with Gasteiger partial charge in [0.05, 0.1) is 9.21 Å². The molecule has 1 N–H and O–H groups in total. The van der Waals surface area contributed by atoms with Gasteiger partial charge in [0.15, 0.2) is 11.6 Å². The van der Waals surface area contributed by atoms with E-state index in [1.807, 2.05) is 18.2 Å². The molecule has 0 atom stereocenters. The van der Waals surface area contributed by atoms with E-state index >= 15 is 0 Å². The van der Waals surface area contributed by atoms with Gasteiger partial charge < -0.3 is 9.84 Å². The van der Waals surface area contributed by atoms with Crippen LogP contribution in [0.4, 0.5) is 8.78 Å². The number of aliphatic hydroxyl groups excluding tert-OH is 1. The van der Waals surface area contributed by atoms with Gasteiger partial charge in [0.2, 0.25) is 5.82 Å². The van der Waals surface area contributed by atoms with Gasteiger partial charge in [-0.05, 0) is 48.2 Å². The smallest absolute Gasteiger partial charge is 0.200 e. The van der Waals surface area contributed by atoms with Crippen LogP contribution in [0.5, 0.6) is 5.75 Å². The number of thiophene rings is 1. The molecule has 2 nitrogen and oxygen atoms in total. The molecule has 0 bridgehead atoms. The molecule has 0 radical (unpaired) electrons. The average Bonchev–Trinajstić information content (AvgIpc) is 3.03. The second-order valence-corrected chi connectivity index (χ2v) is 8.07. The molecule has 3 aromatic rings. The van der Waals surface area contributed by atoms with Gasteiger partial charge in [-0.3, -0.25) is 0 Å². The molecule has 3 rings (SSSR count). The van der Waals surface area contributed by atoms with Gasteiger partial charge >= 0.3 is 0 Å². The van der Waals surface area contributed by atoms with Crippen LogP contribution >= 0.6 is 34.5 Å². The maximum absolute atomic E-state index is 14.3. The van der Waals surface area contributed by atoms with Crippen molar-refractivity contribution >= 4 is 34.5 Å².